The summed E-state index contributed by atoms with van der Waals surface area (Å²) in [5.41, 5.74) is 2.62. The molecule has 0 aliphatic heterocycles. The molecule has 0 atom stereocenters. The Hall–Kier alpha value is -0.640. The van der Waals surface area contributed by atoms with Crippen molar-refractivity contribution in [2.45, 2.75) is 10.6 Å². The van der Waals surface area contributed by atoms with Crippen LogP contribution in [0.15, 0.2) is 5.10 Å². The largest absolute Gasteiger partial charge is 0.451 e. The second-order valence-electron chi connectivity index (χ2n) is 2.56. The van der Waals surface area contributed by atoms with Crippen LogP contribution >= 0.6 is 34.2 Å². The van der Waals surface area contributed by atoms with E-state index in [1.807, 2.05) is 22.6 Å². The van der Waals surface area contributed by atoms with Gasteiger partial charge in [0, 0.05) is 11.1 Å². The fraction of sp³-hybridized carbons (Fsp3) is 0.286. The van der Waals surface area contributed by atoms with Crippen LogP contribution in [0.3, 0.4) is 0 Å². The van der Waals surface area contributed by atoms with Gasteiger partial charge in [0.2, 0.25) is 5.82 Å². The Kier molecular flexibility index (Phi) is 4.30. The van der Waals surface area contributed by atoms with Gasteiger partial charge in [-0.25, -0.2) is 9.97 Å². The molecule has 1 N–H and O–H groups in total. The van der Waals surface area contributed by atoms with Gasteiger partial charge in [-0.2, -0.15) is 18.3 Å². The lowest BCUT2D eigenvalue weighted by Crippen LogP contribution is -2.14. The molecule has 0 aliphatic carbocycles. The zero-order valence-electron chi connectivity index (χ0n) is 7.65. The predicted octanol–water partition coefficient (Wildman–Crippen LogP) is 3.11. The van der Waals surface area contributed by atoms with Gasteiger partial charge in [-0.3, -0.25) is 5.43 Å². The fourth-order valence-corrected chi connectivity index (χ4v) is 1.67. The van der Waals surface area contributed by atoms with Crippen LogP contribution in [0.1, 0.15) is 11.5 Å². The molecule has 1 heterocycles. The Balaban J connectivity index is 3.31. The molecular formula is C7H5ClF3IN4. The molecule has 4 nitrogen and oxygen atoms in total. The number of alkyl halides is 4. The molecule has 0 saturated heterocycles. The SMILES string of the molecule is C=NNc1c(Cl)nc(C(F)(F)F)nc1CI. The number of nitrogens with zero attached hydrogens (tertiary/aromatic N) is 3. The first-order valence-corrected chi connectivity index (χ1v) is 5.71. The van der Waals surface area contributed by atoms with Crippen LogP contribution in [-0.2, 0) is 10.6 Å². The third-order valence-corrected chi connectivity index (χ3v) is 2.51. The highest BCUT2D eigenvalue weighted by molar-refractivity contribution is 14.1. The highest BCUT2D eigenvalue weighted by atomic mass is 127. The highest BCUT2D eigenvalue weighted by Gasteiger charge is 2.36. The summed E-state index contributed by atoms with van der Waals surface area (Å²) >= 11 is 7.46. The molecule has 9 heteroatoms. The maximum absolute atomic E-state index is 12.4. The summed E-state index contributed by atoms with van der Waals surface area (Å²) in [6, 6.07) is 0. The number of hydrogen-bond donors (Lipinski definition) is 1. The third-order valence-electron chi connectivity index (χ3n) is 1.51. The summed E-state index contributed by atoms with van der Waals surface area (Å²) in [6.45, 7) is 3.14. The normalized spacial score (nSPS) is 11.3. The average Bonchev–Trinajstić information content (AvgIpc) is 2.19. The molecule has 0 spiro atoms. The van der Waals surface area contributed by atoms with Gasteiger partial charge in [-0.05, 0) is 0 Å². The smallest absolute Gasteiger partial charge is 0.274 e. The first-order chi connectivity index (χ1) is 7.40. The summed E-state index contributed by atoms with van der Waals surface area (Å²) in [5.74, 6) is -1.27. The molecule has 0 fully saturated rings. The minimum absolute atomic E-state index is 0.125. The molecule has 1 rings (SSSR count). The van der Waals surface area contributed by atoms with Gasteiger partial charge in [0.15, 0.2) is 5.15 Å². The van der Waals surface area contributed by atoms with E-state index >= 15 is 0 Å². The Morgan fingerprint density at radius 2 is 2.06 bits per heavy atom. The lowest BCUT2D eigenvalue weighted by atomic mass is 10.3. The minimum atomic E-state index is -4.62. The monoisotopic (exact) mass is 364 g/mol. The van der Waals surface area contributed by atoms with Crippen LogP contribution in [-0.4, -0.2) is 16.7 Å². The van der Waals surface area contributed by atoms with E-state index in [4.69, 9.17) is 11.6 Å². The van der Waals surface area contributed by atoms with Crippen LogP contribution in [0, 0.1) is 0 Å². The van der Waals surface area contributed by atoms with Crippen LogP contribution < -0.4 is 5.43 Å². The second kappa shape index (κ2) is 5.13. The molecule has 0 unspecified atom stereocenters. The molecule has 88 valence electrons. The summed E-state index contributed by atoms with van der Waals surface area (Å²) in [7, 11) is 0. The van der Waals surface area contributed by atoms with E-state index in [0.717, 1.165) is 0 Å². The van der Waals surface area contributed by atoms with Crippen LogP contribution in [0.4, 0.5) is 18.9 Å². The van der Waals surface area contributed by atoms with Gasteiger partial charge >= 0.3 is 6.18 Å². The number of nitrogens with one attached hydrogen (secondary N) is 1. The Morgan fingerprint density at radius 3 is 2.50 bits per heavy atom. The average molecular weight is 364 g/mol. The standard InChI is InChI=1S/C7H5ClF3IN4/c1-13-16-4-3(2-12)14-6(7(9,10)11)15-5(4)8/h16H,1-2H2. The minimum Gasteiger partial charge on any atom is -0.274 e. The first kappa shape index (κ1) is 13.4. The number of hydrazone groups is 1. The third kappa shape index (κ3) is 2.94. The van der Waals surface area contributed by atoms with Crippen molar-refractivity contribution >= 4 is 46.6 Å². The van der Waals surface area contributed by atoms with Gasteiger partial charge in [0.1, 0.15) is 5.69 Å². The van der Waals surface area contributed by atoms with Crippen molar-refractivity contribution in [2.24, 2.45) is 5.10 Å². The van der Waals surface area contributed by atoms with Crippen LogP contribution in [0.25, 0.3) is 0 Å². The molecule has 0 saturated carbocycles. The zero-order valence-corrected chi connectivity index (χ0v) is 10.6. The van der Waals surface area contributed by atoms with Gasteiger partial charge in [-0.1, -0.05) is 34.2 Å². The van der Waals surface area contributed by atoms with Gasteiger partial charge in [0.05, 0.1) is 5.69 Å². The molecule has 1 aromatic rings. The maximum atomic E-state index is 12.4. The van der Waals surface area contributed by atoms with E-state index in [-0.39, 0.29) is 21.0 Å². The summed E-state index contributed by atoms with van der Waals surface area (Å²) < 4.78 is 37.3. The van der Waals surface area contributed by atoms with Gasteiger partial charge in [0.25, 0.3) is 0 Å². The van der Waals surface area contributed by atoms with Crippen molar-refractivity contribution in [1.29, 1.82) is 0 Å². The molecule has 16 heavy (non-hydrogen) atoms. The van der Waals surface area contributed by atoms with Crippen molar-refractivity contribution < 1.29 is 13.2 Å². The Bertz CT molecular complexity index is 409. The number of hydrogen-bond acceptors (Lipinski definition) is 4. The van der Waals surface area contributed by atoms with Crippen molar-refractivity contribution in [3.63, 3.8) is 0 Å². The number of aromatic nitrogens is 2. The first-order valence-electron chi connectivity index (χ1n) is 3.81. The van der Waals surface area contributed by atoms with Crippen molar-refractivity contribution in [3.05, 3.63) is 16.7 Å². The lowest BCUT2D eigenvalue weighted by Gasteiger charge is -2.11. The lowest BCUT2D eigenvalue weighted by molar-refractivity contribution is -0.145. The molecule has 0 bridgehead atoms. The van der Waals surface area contributed by atoms with E-state index in [0.29, 0.717) is 0 Å². The number of anilines is 1. The van der Waals surface area contributed by atoms with Crippen molar-refractivity contribution in [2.75, 3.05) is 5.43 Å². The zero-order chi connectivity index (χ0) is 12.3. The van der Waals surface area contributed by atoms with Gasteiger partial charge in [-0.15, -0.1) is 0 Å². The molecule has 0 aromatic carbocycles. The summed E-state index contributed by atoms with van der Waals surface area (Å²) in [5, 5.41) is 2.99. The topological polar surface area (TPSA) is 50.2 Å². The quantitative estimate of drug-likeness (QED) is 0.295. The fourth-order valence-electron chi connectivity index (χ4n) is 0.890. The molecule has 0 amide bonds. The van der Waals surface area contributed by atoms with E-state index in [1.165, 1.54) is 0 Å². The van der Waals surface area contributed by atoms with Crippen molar-refractivity contribution in [3.8, 4) is 0 Å². The molecule has 0 radical (unpaired) electrons. The van der Waals surface area contributed by atoms with Gasteiger partial charge < -0.3 is 0 Å². The second-order valence-corrected chi connectivity index (χ2v) is 3.68. The summed E-state index contributed by atoms with van der Waals surface area (Å²) in [6.07, 6.45) is -4.62. The maximum Gasteiger partial charge on any atom is 0.451 e. The van der Waals surface area contributed by atoms with E-state index in [2.05, 4.69) is 27.2 Å². The van der Waals surface area contributed by atoms with E-state index < -0.39 is 12.0 Å². The molecular weight excluding hydrogens is 359 g/mol. The predicted molar refractivity (Wildman–Crippen MR) is 62.9 cm³/mol. The van der Waals surface area contributed by atoms with E-state index in [9.17, 15) is 13.2 Å². The van der Waals surface area contributed by atoms with Crippen LogP contribution in [0.5, 0.6) is 0 Å². The van der Waals surface area contributed by atoms with E-state index in [1.54, 1.807) is 0 Å². The number of rotatable bonds is 3. The Morgan fingerprint density at radius 1 is 1.44 bits per heavy atom. The van der Waals surface area contributed by atoms with Crippen LogP contribution in [0.2, 0.25) is 5.15 Å². The highest BCUT2D eigenvalue weighted by Crippen LogP contribution is 2.32. The van der Waals surface area contributed by atoms with Crippen molar-refractivity contribution in [1.82, 2.24) is 9.97 Å². The molecule has 0 aliphatic rings. The number of halogens is 5. The summed E-state index contributed by atoms with van der Waals surface area (Å²) in [4.78, 5) is 6.51. The Labute approximate surface area is 107 Å². The molecule has 1 aromatic heterocycles.